The molecule has 0 unspecified atom stereocenters. The fraction of sp³-hybridized carbons (Fsp3) is 0.938. The Morgan fingerprint density at radius 2 is 1.86 bits per heavy atom. The summed E-state index contributed by atoms with van der Waals surface area (Å²) in [6.45, 7) is 12.1. The van der Waals surface area contributed by atoms with E-state index in [0.29, 0.717) is 13.2 Å². The van der Waals surface area contributed by atoms with E-state index in [1.54, 1.807) is 7.11 Å². The molecule has 6 nitrogen and oxygen atoms in total. The minimum atomic E-state index is 0.162. The van der Waals surface area contributed by atoms with Crippen molar-refractivity contribution in [1.82, 2.24) is 15.5 Å². The van der Waals surface area contributed by atoms with Crippen LogP contribution in [0, 0.1) is 5.41 Å². The quantitative estimate of drug-likeness (QED) is 0.322. The molecule has 2 N–H and O–H groups in total. The molecule has 0 aromatic rings. The van der Waals surface area contributed by atoms with Crippen LogP contribution in [0.5, 0.6) is 0 Å². The zero-order valence-electron chi connectivity index (χ0n) is 15.4. The number of guanidine groups is 1. The molecule has 0 radical (unpaired) electrons. The highest BCUT2D eigenvalue weighted by Crippen LogP contribution is 2.15. The number of nitrogens with zero attached hydrogens (tertiary/aromatic N) is 2. The number of rotatable bonds is 12. The molecule has 0 aliphatic rings. The summed E-state index contributed by atoms with van der Waals surface area (Å²) in [6, 6.07) is 0. The number of nitrogens with one attached hydrogen (secondary N) is 2. The number of hydrogen-bond donors (Lipinski definition) is 2. The molecule has 6 heteroatoms. The van der Waals surface area contributed by atoms with Crippen LogP contribution >= 0.6 is 0 Å². The molecule has 0 amide bonds. The predicted octanol–water partition coefficient (Wildman–Crippen LogP) is 1.18. The fourth-order valence-corrected chi connectivity index (χ4v) is 2.17. The van der Waals surface area contributed by atoms with Gasteiger partial charge in [-0.05, 0) is 32.9 Å². The second-order valence-electron chi connectivity index (χ2n) is 6.48. The Hall–Kier alpha value is -0.850. The number of methoxy groups -OCH3 is 1. The summed E-state index contributed by atoms with van der Waals surface area (Å²) in [7, 11) is 5.87. The van der Waals surface area contributed by atoms with Crippen molar-refractivity contribution < 1.29 is 9.47 Å². The average Bonchev–Trinajstić information content (AvgIpc) is 2.42. The van der Waals surface area contributed by atoms with E-state index in [1.165, 1.54) is 0 Å². The maximum absolute atomic E-state index is 5.44. The summed E-state index contributed by atoms with van der Waals surface area (Å²) < 4.78 is 10.4. The van der Waals surface area contributed by atoms with Crippen LogP contribution in [0.25, 0.3) is 0 Å². The van der Waals surface area contributed by atoms with E-state index < -0.39 is 0 Å². The smallest absolute Gasteiger partial charge is 0.191 e. The standard InChI is InChI=1S/C16H36N4O2/c1-7-17-15(18-9-8-10-22-12-11-21-6)19-13-16(2,3)14-20(4)5/h7-14H2,1-6H3,(H2,17,18,19). The molecule has 132 valence electrons. The maximum atomic E-state index is 5.44. The molecule has 0 atom stereocenters. The van der Waals surface area contributed by atoms with Gasteiger partial charge in [-0.1, -0.05) is 13.8 Å². The summed E-state index contributed by atoms with van der Waals surface area (Å²) >= 11 is 0. The van der Waals surface area contributed by atoms with Crippen LogP contribution in [-0.2, 0) is 9.47 Å². The van der Waals surface area contributed by atoms with E-state index in [4.69, 9.17) is 14.5 Å². The summed E-state index contributed by atoms with van der Waals surface area (Å²) in [5.41, 5.74) is 0.162. The first-order valence-electron chi connectivity index (χ1n) is 8.15. The third-order valence-corrected chi connectivity index (χ3v) is 2.94. The van der Waals surface area contributed by atoms with E-state index >= 15 is 0 Å². The van der Waals surface area contributed by atoms with Crippen LogP contribution in [0.2, 0.25) is 0 Å². The Morgan fingerprint density at radius 1 is 1.14 bits per heavy atom. The van der Waals surface area contributed by atoms with Gasteiger partial charge in [-0.25, -0.2) is 0 Å². The maximum Gasteiger partial charge on any atom is 0.191 e. The van der Waals surface area contributed by atoms with Crippen molar-refractivity contribution in [3.8, 4) is 0 Å². The summed E-state index contributed by atoms with van der Waals surface area (Å²) in [5, 5.41) is 6.64. The molecule has 0 rings (SSSR count). The van der Waals surface area contributed by atoms with E-state index in [1.807, 2.05) is 0 Å². The van der Waals surface area contributed by atoms with Gasteiger partial charge in [0.15, 0.2) is 5.96 Å². The highest BCUT2D eigenvalue weighted by Gasteiger charge is 2.18. The SMILES string of the molecule is CCNC(=NCC(C)(C)CN(C)C)NCCCOCCOC. The zero-order chi connectivity index (χ0) is 16.8. The fourth-order valence-electron chi connectivity index (χ4n) is 2.17. The number of ether oxygens (including phenoxy) is 2. The van der Waals surface area contributed by atoms with Gasteiger partial charge in [0.25, 0.3) is 0 Å². The Bertz CT molecular complexity index is 294. The van der Waals surface area contributed by atoms with Crippen molar-refractivity contribution in [2.24, 2.45) is 10.4 Å². The number of aliphatic imine (C=N–C) groups is 1. The lowest BCUT2D eigenvalue weighted by Crippen LogP contribution is -2.39. The largest absolute Gasteiger partial charge is 0.382 e. The lowest BCUT2D eigenvalue weighted by atomic mass is 9.93. The molecule has 0 bridgehead atoms. The number of hydrogen-bond acceptors (Lipinski definition) is 4. The summed E-state index contributed by atoms with van der Waals surface area (Å²) in [4.78, 5) is 6.89. The van der Waals surface area contributed by atoms with Crippen LogP contribution < -0.4 is 10.6 Å². The van der Waals surface area contributed by atoms with Crippen molar-refractivity contribution in [2.75, 3.05) is 67.2 Å². The van der Waals surface area contributed by atoms with Crippen LogP contribution in [-0.4, -0.2) is 78.1 Å². The van der Waals surface area contributed by atoms with Gasteiger partial charge in [0.2, 0.25) is 0 Å². The molecule has 0 heterocycles. The lowest BCUT2D eigenvalue weighted by molar-refractivity contribution is 0.0698. The normalized spacial score (nSPS) is 12.8. The molecule has 0 aromatic carbocycles. The Kier molecular flexibility index (Phi) is 12.2. The molecule has 0 saturated heterocycles. The van der Waals surface area contributed by atoms with Gasteiger partial charge in [0.1, 0.15) is 0 Å². The first-order chi connectivity index (χ1) is 10.4. The van der Waals surface area contributed by atoms with Gasteiger partial charge in [0, 0.05) is 39.9 Å². The molecular weight excluding hydrogens is 280 g/mol. The minimum Gasteiger partial charge on any atom is -0.382 e. The average molecular weight is 316 g/mol. The highest BCUT2D eigenvalue weighted by molar-refractivity contribution is 5.79. The topological polar surface area (TPSA) is 58.1 Å². The Balaban J connectivity index is 4.05. The van der Waals surface area contributed by atoms with E-state index in [-0.39, 0.29) is 5.41 Å². The van der Waals surface area contributed by atoms with Gasteiger partial charge >= 0.3 is 0 Å². The minimum absolute atomic E-state index is 0.162. The Labute approximate surface area is 136 Å². The van der Waals surface area contributed by atoms with Gasteiger partial charge in [-0.15, -0.1) is 0 Å². The van der Waals surface area contributed by atoms with Gasteiger partial charge < -0.3 is 25.0 Å². The molecular formula is C16H36N4O2. The molecule has 0 saturated carbocycles. The van der Waals surface area contributed by atoms with Crippen LogP contribution in [0.1, 0.15) is 27.2 Å². The highest BCUT2D eigenvalue weighted by atomic mass is 16.5. The Morgan fingerprint density at radius 3 is 2.45 bits per heavy atom. The molecule has 0 aromatic heterocycles. The second-order valence-corrected chi connectivity index (χ2v) is 6.48. The first kappa shape index (κ1) is 21.1. The summed E-state index contributed by atoms with van der Waals surface area (Å²) in [6.07, 6.45) is 0.954. The third-order valence-electron chi connectivity index (χ3n) is 2.94. The molecule has 0 fully saturated rings. The second kappa shape index (κ2) is 12.7. The first-order valence-corrected chi connectivity index (χ1v) is 8.15. The van der Waals surface area contributed by atoms with Crippen molar-refractivity contribution in [2.45, 2.75) is 27.2 Å². The van der Waals surface area contributed by atoms with E-state index in [0.717, 1.165) is 45.2 Å². The zero-order valence-corrected chi connectivity index (χ0v) is 15.4. The van der Waals surface area contributed by atoms with E-state index in [9.17, 15) is 0 Å². The predicted molar refractivity (Wildman–Crippen MR) is 93.6 cm³/mol. The van der Waals surface area contributed by atoms with Gasteiger partial charge in [0.05, 0.1) is 13.2 Å². The van der Waals surface area contributed by atoms with Crippen molar-refractivity contribution >= 4 is 5.96 Å². The third kappa shape index (κ3) is 12.9. The van der Waals surface area contributed by atoms with Crippen LogP contribution in [0.15, 0.2) is 4.99 Å². The van der Waals surface area contributed by atoms with Crippen molar-refractivity contribution in [1.29, 1.82) is 0 Å². The lowest BCUT2D eigenvalue weighted by Gasteiger charge is -2.26. The van der Waals surface area contributed by atoms with E-state index in [2.05, 4.69) is 50.4 Å². The van der Waals surface area contributed by atoms with Crippen molar-refractivity contribution in [3.63, 3.8) is 0 Å². The van der Waals surface area contributed by atoms with Gasteiger partial charge in [-0.2, -0.15) is 0 Å². The molecule has 0 spiro atoms. The molecule has 22 heavy (non-hydrogen) atoms. The monoisotopic (exact) mass is 316 g/mol. The summed E-state index contributed by atoms with van der Waals surface area (Å²) in [5.74, 6) is 0.881. The van der Waals surface area contributed by atoms with Crippen LogP contribution in [0.4, 0.5) is 0 Å². The van der Waals surface area contributed by atoms with Crippen LogP contribution in [0.3, 0.4) is 0 Å². The molecule has 0 aliphatic heterocycles. The van der Waals surface area contributed by atoms with Gasteiger partial charge in [-0.3, -0.25) is 4.99 Å². The van der Waals surface area contributed by atoms with Crippen molar-refractivity contribution in [3.05, 3.63) is 0 Å². The molecule has 0 aliphatic carbocycles.